The molecule has 0 aliphatic carbocycles. The van der Waals surface area contributed by atoms with Gasteiger partial charge in [-0.1, -0.05) is 46.5 Å². The monoisotopic (exact) mass is 228 g/mol. The van der Waals surface area contributed by atoms with Crippen LogP contribution < -0.4 is 0 Å². The van der Waals surface area contributed by atoms with Crippen molar-refractivity contribution in [2.75, 3.05) is 6.61 Å². The molecule has 96 valence electrons. The fourth-order valence-electron chi connectivity index (χ4n) is 2.39. The SMILES string of the molecule is CCCCC1COC(CCC)C(CCC)O1. The third kappa shape index (κ3) is 4.42. The number of unbranched alkanes of at least 4 members (excludes halogenated alkanes) is 1. The van der Waals surface area contributed by atoms with Crippen molar-refractivity contribution in [2.45, 2.75) is 84.0 Å². The summed E-state index contributed by atoms with van der Waals surface area (Å²) in [7, 11) is 0. The molecule has 0 N–H and O–H groups in total. The van der Waals surface area contributed by atoms with Crippen molar-refractivity contribution in [3.8, 4) is 0 Å². The molecular formula is C14H28O2. The molecule has 2 nitrogen and oxygen atoms in total. The van der Waals surface area contributed by atoms with Crippen LogP contribution in [-0.2, 0) is 9.47 Å². The van der Waals surface area contributed by atoms with Crippen molar-refractivity contribution >= 4 is 0 Å². The molecule has 1 heterocycles. The van der Waals surface area contributed by atoms with Gasteiger partial charge >= 0.3 is 0 Å². The molecule has 2 heteroatoms. The maximum absolute atomic E-state index is 6.17. The molecule has 3 atom stereocenters. The first-order valence-corrected chi connectivity index (χ1v) is 7.08. The van der Waals surface area contributed by atoms with E-state index in [9.17, 15) is 0 Å². The van der Waals surface area contributed by atoms with Crippen molar-refractivity contribution in [2.24, 2.45) is 0 Å². The molecule has 0 aromatic rings. The van der Waals surface area contributed by atoms with Crippen LogP contribution >= 0.6 is 0 Å². The van der Waals surface area contributed by atoms with Crippen LogP contribution in [0.4, 0.5) is 0 Å². The summed E-state index contributed by atoms with van der Waals surface area (Å²) in [5.74, 6) is 0. The molecule has 1 aliphatic heterocycles. The van der Waals surface area contributed by atoms with Crippen LogP contribution in [0.15, 0.2) is 0 Å². The van der Waals surface area contributed by atoms with Gasteiger partial charge in [0.05, 0.1) is 24.9 Å². The minimum atomic E-state index is 0.348. The van der Waals surface area contributed by atoms with E-state index in [-0.39, 0.29) is 0 Å². The highest BCUT2D eigenvalue weighted by Crippen LogP contribution is 2.24. The average Bonchev–Trinajstić information content (AvgIpc) is 2.30. The first-order chi connectivity index (χ1) is 7.81. The summed E-state index contributed by atoms with van der Waals surface area (Å²) in [6, 6.07) is 0. The maximum atomic E-state index is 6.17. The van der Waals surface area contributed by atoms with Crippen LogP contribution in [0, 0.1) is 0 Å². The third-order valence-corrected chi connectivity index (χ3v) is 3.30. The van der Waals surface area contributed by atoms with Gasteiger partial charge in [-0.3, -0.25) is 0 Å². The van der Waals surface area contributed by atoms with Crippen LogP contribution in [0.3, 0.4) is 0 Å². The van der Waals surface area contributed by atoms with Gasteiger partial charge in [-0.25, -0.2) is 0 Å². The van der Waals surface area contributed by atoms with Crippen molar-refractivity contribution in [1.29, 1.82) is 0 Å². The van der Waals surface area contributed by atoms with E-state index in [1.54, 1.807) is 0 Å². The van der Waals surface area contributed by atoms with Crippen LogP contribution in [0.1, 0.15) is 65.7 Å². The Bertz CT molecular complexity index is 170. The van der Waals surface area contributed by atoms with E-state index >= 15 is 0 Å². The second kappa shape index (κ2) is 8.08. The molecule has 0 bridgehead atoms. The van der Waals surface area contributed by atoms with E-state index < -0.39 is 0 Å². The lowest BCUT2D eigenvalue weighted by atomic mass is 10.0. The lowest BCUT2D eigenvalue weighted by Crippen LogP contribution is -2.43. The van der Waals surface area contributed by atoms with E-state index in [1.807, 2.05) is 0 Å². The van der Waals surface area contributed by atoms with Crippen molar-refractivity contribution < 1.29 is 9.47 Å². The first-order valence-electron chi connectivity index (χ1n) is 7.08. The zero-order valence-corrected chi connectivity index (χ0v) is 11.2. The molecular weight excluding hydrogens is 200 g/mol. The molecule has 16 heavy (non-hydrogen) atoms. The standard InChI is InChI=1S/C14H28O2/c1-4-7-10-12-11-15-13(8-5-2)14(16-12)9-6-3/h12-14H,4-11H2,1-3H3. The Morgan fingerprint density at radius 3 is 2.19 bits per heavy atom. The number of hydrogen-bond acceptors (Lipinski definition) is 2. The number of hydrogen-bond donors (Lipinski definition) is 0. The van der Waals surface area contributed by atoms with E-state index in [1.165, 1.54) is 25.7 Å². The predicted octanol–water partition coefficient (Wildman–Crippen LogP) is 3.93. The molecule has 0 saturated carbocycles. The van der Waals surface area contributed by atoms with Crippen LogP contribution in [-0.4, -0.2) is 24.9 Å². The minimum absolute atomic E-state index is 0.348. The highest BCUT2D eigenvalue weighted by molar-refractivity contribution is 4.77. The largest absolute Gasteiger partial charge is 0.373 e. The summed E-state index contributed by atoms with van der Waals surface area (Å²) < 4.78 is 12.1. The van der Waals surface area contributed by atoms with Crippen LogP contribution in [0.25, 0.3) is 0 Å². The molecule has 1 aliphatic rings. The van der Waals surface area contributed by atoms with E-state index in [2.05, 4.69) is 20.8 Å². The van der Waals surface area contributed by atoms with Gasteiger partial charge in [-0.15, -0.1) is 0 Å². The van der Waals surface area contributed by atoms with Crippen molar-refractivity contribution in [3.63, 3.8) is 0 Å². The average molecular weight is 228 g/mol. The van der Waals surface area contributed by atoms with Gasteiger partial charge in [0.25, 0.3) is 0 Å². The molecule has 0 aromatic carbocycles. The Morgan fingerprint density at radius 2 is 1.56 bits per heavy atom. The summed E-state index contributed by atoms with van der Waals surface area (Å²) in [5, 5.41) is 0. The first kappa shape index (κ1) is 14.0. The maximum Gasteiger partial charge on any atom is 0.0841 e. The fraction of sp³-hybridized carbons (Fsp3) is 1.00. The van der Waals surface area contributed by atoms with Crippen molar-refractivity contribution in [1.82, 2.24) is 0 Å². The molecule has 1 fully saturated rings. The lowest BCUT2D eigenvalue weighted by Gasteiger charge is -2.37. The Hall–Kier alpha value is -0.0800. The summed E-state index contributed by atoms with van der Waals surface area (Å²) in [6.45, 7) is 7.48. The predicted molar refractivity (Wildman–Crippen MR) is 67.7 cm³/mol. The van der Waals surface area contributed by atoms with Gasteiger partial charge in [-0.2, -0.15) is 0 Å². The molecule has 0 radical (unpaired) electrons. The Morgan fingerprint density at radius 1 is 0.875 bits per heavy atom. The summed E-state index contributed by atoms with van der Waals surface area (Å²) in [4.78, 5) is 0. The highest BCUT2D eigenvalue weighted by Gasteiger charge is 2.30. The van der Waals surface area contributed by atoms with Crippen molar-refractivity contribution in [3.05, 3.63) is 0 Å². The molecule has 0 aromatic heterocycles. The van der Waals surface area contributed by atoms with Gasteiger partial charge in [0.2, 0.25) is 0 Å². The molecule has 1 saturated heterocycles. The summed E-state index contributed by atoms with van der Waals surface area (Å²) in [6.07, 6.45) is 9.38. The molecule has 0 amide bonds. The quantitative estimate of drug-likeness (QED) is 0.657. The Labute approximate surface area is 101 Å². The van der Waals surface area contributed by atoms with Gasteiger partial charge in [-0.05, 0) is 19.3 Å². The Balaban J connectivity index is 2.37. The van der Waals surface area contributed by atoms with Crippen LogP contribution in [0.5, 0.6) is 0 Å². The van der Waals surface area contributed by atoms with E-state index in [0.29, 0.717) is 18.3 Å². The summed E-state index contributed by atoms with van der Waals surface area (Å²) >= 11 is 0. The minimum Gasteiger partial charge on any atom is -0.373 e. The van der Waals surface area contributed by atoms with Gasteiger partial charge in [0.1, 0.15) is 0 Å². The van der Waals surface area contributed by atoms with E-state index in [0.717, 1.165) is 25.9 Å². The topological polar surface area (TPSA) is 18.5 Å². The highest BCUT2D eigenvalue weighted by atomic mass is 16.6. The third-order valence-electron chi connectivity index (χ3n) is 3.30. The van der Waals surface area contributed by atoms with Gasteiger partial charge in [0, 0.05) is 0 Å². The molecule has 1 rings (SSSR count). The summed E-state index contributed by atoms with van der Waals surface area (Å²) in [5.41, 5.74) is 0. The Kier molecular flexibility index (Phi) is 7.06. The number of rotatable bonds is 7. The molecule has 3 unspecified atom stereocenters. The van der Waals surface area contributed by atoms with Crippen LogP contribution in [0.2, 0.25) is 0 Å². The van der Waals surface area contributed by atoms with Gasteiger partial charge < -0.3 is 9.47 Å². The zero-order valence-electron chi connectivity index (χ0n) is 11.2. The normalized spacial score (nSPS) is 30.6. The second-order valence-electron chi connectivity index (χ2n) is 4.89. The fourth-order valence-corrected chi connectivity index (χ4v) is 2.39. The zero-order chi connectivity index (χ0) is 11.8. The second-order valence-corrected chi connectivity index (χ2v) is 4.89. The lowest BCUT2D eigenvalue weighted by molar-refractivity contribution is -0.185. The van der Waals surface area contributed by atoms with Gasteiger partial charge in [0.15, 0.2) is 0 Å². The molecule has 0 spiro atoms. The smallest absolute Gasteiger partial charge is 0.0841 e. The van der Waals surface area contributed by atoms with E-state index in [4.69, 9.17) is 9.47 Å². The number of ether oxygens (including phenoxy) is 2.